The van der Waals surface area contributed by atoms with Crippen molar-refractivity contribution in [3.05, 3.63) is 95.6 Å². The fourth-order valence-electron chi connectivity index (χ4n) is 2.74. The summed E-state index contributed by atoms with van der Waals surface area (Å²) in [5.74, 6) is 0. The van der Waals surface area contributed by atoms with Crippen molar-refractivity contribution in [3.63, 3.8) is 0 Å². The van der Waals surface area contributed by atoms with Crippen molar-refractivity contribution in [3.8, 4) is 28.1 Å². The summed E-state index contributed by atoms with van der Waals surface area (Å²) in [4.78, 5) is 0. The Morgan fingerprint density at radius 2 is 1.25 bits per heavy atom. The van der Waals surface area contributed by atoms with Crippen LogP contribution in [0, 0.1) is 0 Å². The molecule has 0 aliphatic rings. The minimum atomic E-state index is 0.990. The molecule has 3 aromatic carbocycles. The number of halogens is 1. The molecule has 0 aliphatic carbocycles. The van der Waals surface area contributed by atoms with Crippen molar-refractivity contribution in [1.29, 1.82) is 0 Å². The molecule has 3 heteroatoms. The first-order valence-corrected chi connectivity index (χ1v) is 8.57. The van der Waals surface area contributed by atoms with Gasteiger partial charge in [0.05, 0.1) is 5.69 Å². The van der Waals surface area contributed by atoms with Gasteiger partial charge < -0.3 is 0 Å². The molecule has 0 aliphatic heterocycles. The van der Waals surface area contributed by atoms with Crippen molar-refractivity contribution >= 4 is 15.9 Å². The number of rotatable bonds is 3. The third kappa shape index (κ3) is 2.91. The number of benzene rings is 3. The summed E-state index contributed by atoms with van der Waals surface area (Å²) in [5, 5.41) is 4.86. The Kier molecular flexibility index (Phi) is 4.01. The minimum absolute atomic E-state index is 0.990. The van der Waals surface area contributed by atoms with Crippen LogP contribution in [0.25, 0.3) is 28.1 Å². The molecular formula is C21H15BrN2. The van der Waals surface area contributed by atoms with Crippen molar-refractivity contribution in [2.75, 3.05) is 0 Å². The lowest BCUT2D eigenvalue weighted by atomic mass is 10.0. The maximum absolute atomic E-state index is 4.86. The Bertz CT molecular complexity index is 885. The van der Waals surface area contributed by atoms with Gasteiger partial charge in [-0.05, 0) is 29.8 Å². The highest BCUT2D eigenvalue weighted by Gasteiger charge is 2.13. The molecule has 1 aromatic heterocycles. The summed E-state index contributed by atoms with van der Waals surface area (Å²) in [6.45, 7) is 0. The predicted octanol–water partition coefficient (Wildman–Crippen LogP) is 5.97. The van der Waals surface area contributed by atoms with Crippen LogP contribution in [0.1, 0.15) is 0 Å². The molecule has 0 amide bonds. The highest BCUT2D eigenvalue weighted by molar-refractivity contribution is 9.10. The molecule has 0 N–H and O–H groups in total. The average Bonchev–Trinajstić information content (AvgIpc) is 3.09. The summed E-state index contributed by atoms with van der Waals surface area (Å²) in [5.41, 5.74) is 5.44. The van der Waals surface area contributed by atoms with Crippen LogP contribution in [0.4, 0.5) is 0 Å². The highest BCUT2D eigenvalue weighted by Crippen LogP contribution is 2.32. The lowest BCUT2D eigenvalue weighted by molar-refractivity contribution is 0.884. The molecule has 0 bridgehead atoms. The molecule has 0 atom stereocenters. The van der Waals surface area contributed by atoms with Gasteiger partial charge >= 0.3 is 0 Å². The Morgan fingerprint density at radius 1 is 0.667 bits per heavy atom. The van der Waals surface area contributed by atoms with E-state index in [4.69, 9.17) is 5.10 Å². The Labute approximate surface area is 149 Å². The van der Waals surface area contributed by atoms with Gasteiger partial charge in [0.25, 0.3) is 0 Å². The van der Waals surface area contributed by atoms with Gasteiger partial charge in [-0.3, -0.25) is 0 Å². The van der Waals surface area contributed by atoms with E-state index >= 15 is 0 Å². The fourth-order valence-corrected chi connectivity index (χ4v) is 3.00. The van der Waals surface area contributed by atoms with Crippen molar-refractivity contribution in [1.82, 2.24) is 9.78 Å². The first kappa shape index (κ1) is 14.9. The summed E-state index contributed by atoms with van der Waals surface area (Å²) < 4.78 is 3.00. The van der Waals surface area contributed by atoms with Crippen LogP contribution in [0.3, 0.4) is 0 Å². The van der Waals surface area contributed by atoms with Crippen LogP contribution >= 0.6 is 15.9 Å². The fraction of sp³-hybridized carbons (Fsp3) is 0. The highest BCUT2D eigenvalue weighted by atomic mass is 79.9. The maximum Gasteiger partial charge on any atom is 0.101 e. The van der Waals surface area contributed by atoms with Crippen LogP contribution in [0.5, 0.6) is 0 Å². The quantitative estimate of drug-likeness (QED) is 0.431. The molecule has 4 rings (SSSR count). The molecule has 116 valence electrons. The van der Waals surface area contributed by atoms with Crippen molar-refractivity contribution in [2.45, 2.75) is 0 Å². The lowest BCUT2D eigenvalue weighted by Crippen LogP contribution is -1.94. The van der Waals surface area contributed by atoms with E-state index in [1.54, 1.807) is 0 Å². The second-order valence-corrected chi connectivity index (χ2v) is 6.46. The van der Waals surface area contributed by atoms with Gasteiger partial charge in [-0.15, -0.1) is 0 Å². The molecule has 0 spiro atoms. The van der Waals surface area contributed by atoms with E-state index in [9.17, 15) is 0 Å². The number of hydrogen-bond acceptors (Lipinski definition) is 1. The monoisotopic (exact) mass is 374 g/mol. The first-order chi connectivity index (χ1) is 11.8. The second-order valence-electron chi connectivity index (χ2n) is 5.54. The smallest absolute Gasteiger partial charge is 0.101 e. The van der Waals surface area contributed by atoms with E-state index < -0.39 is 0 Å². The van der Waals surface area contributed by atoms with Gasteiger partial charge in [0, 0.05) is 21.8 Å². The molecule has 0 fully saturated rings. The topological polar surface area (TPSA) is 17.8 Å². The van der Waals surface area contributed by atoms with Gasteiger partial charge in [-0.2, -0.15) is 5.10 Å². The first-order valence-electron chi connectivity index (χ1n) is 7.78. The van der Waals surface area contributed by atoms with Gasteiger partial charge in [0.2, 0.25) is 0 Å². The van der Waals surface area contributed by atoms with Crippen LogP contribution in [-0.2, 0) is 0 Å². The van der Waals surface area contributed by atoms with Gasteiger partial charge in [0.15, 0.2) is 0 Å². The third-order valence-corrected chi connectivity index (χ3v) is 4.47. The van der Waals surface area contributed by atoms with Gasteiger partial charge in [-0.25, -0.2) is 4.68 Å². The zero-order valence-electron chi connectivity index (χ0n) is 12.9. The minimum Gasteiger partial charge on any atom is -0.240 e. The predicted molar refractivity (Wildman–Crippen MR) is 102 cm³/mol. The Morgan fingerprint density at radius 3 is 1.88 bits per heavy atom. The molecule has 1 heterocycles. The molecule has 0 radical (unpaired) electrons. The summed E-state index contributed by atoms with van der Waals surface area (Å²) in [7, 11) is 0. The summed E-state index contributed by atoms with van der Waals surface area (Å²) in [6.07, 6.45) is 2.10. The lowest BCUT2D eigenvalue weighted by Gasteiger charge is -2.02. The molecule has 0 unspecified atom stereocenters. The normalized spacial score (nSPS) is 10.7. The van der Waals surface area contributed by atoms with Crippen molar-refractivity contribution < 1.29 is 0 Å². The molecular weight excluding hydrogens is 360 g/mol. The van der Waals surface area contributed by atoms with E-state index in [-0.39, 0.29) is 0 Å². The van der Waals surface area contributed by atoms with Crippen LogP contribution in [-0.4, -0.2) is 9.78 Å². The van der Waals surface area contributed by atoms with Crippen LogP contribution in [0.15, 0.2) is 95.6 Å². The van der Waals surface area contributed by atoms with Gasteiger partial charge in [-0.1, -0.05) is 76.6 Å². The van der Waals surface area contributed by atoms with E-state index in [1.165, 1.54) is 5.56 Å². The molecule has 24 heavy (non-hydrogen) atoms. The van der Waals surface area contributed by atoms with E-state index in [2.05, 4.69) is 70.7 Å². The third-order valence-electron chi connectivity index (χ3n) is 3.94. The molecule has 2 nitrogen and oxygen atoms in total. The van der Waals surface area contributed by atoms with Crippen LogP contribution in [0.2, 0.25) is 0 Å². The largest absolute Gasteiger partial charge is 0.240 e. The summed E-state index contributed by atoms with van der Waals surface area (Å²) >= 11 is 3.48. The van der Waals surface area contributed by atoms with Crippen molar-refractivity contribution in [2.24, 2.45) is 0 Å². The SMILES string of the molecule is Brc1ccc(-n2cc(-c3ccccc3)c(-c3ccccc3)n2)cc1. The average molecular weight is 375 g/mol. The summed E-state index contributed by atoms with van der Waals surface area (Å²) in [6, 6.07) is 28.9. The van der Waals surface area contributed by atoms with Gasteiger partial charge in [0.1, 0.15) is 5.69 Å². The Balaban J connectivity index is 1.89. The standard InChI is InChI=1S/C21H15BrN2/c22-18-11-13-19(14-12-18)24-15-20(16-7-3-1-4-8-16)21(23-24)17-9-5-2-6-10-17/h1-15H. The number of aromatic nitrogens is 2. The Hall–Kier alpha value is -2.65. The molecule has 0 saturated carbocycles. The molecule has 0 saturated heterocycles. The van der Waals surface area contributed by atoms with E-state index in [0.717, 1.165) is 27.0 Å². The van der Waals surface area contributed by atoms with Crippen LogP contribution < -0.4 is 0 Å². The zero-order valence-corrected chi connectivity index (χ0v) is 14.5. The van der Waals surface area contributed by atoms with E-state index in [1.807, 2.05) is 41.1 Å². The van der Waals surface area contributed by atoms with E-state index in [0.29, 0.717) is 0 Å². The number of nitrogens with zero attached hydrogens (tertiary/aromatic N) is 2. The molecule has 4 aromatic rings. The number of hydrogen-bond donors (Lipinski definition) is 0. The zero-order chi connectivity index (χ0) is 16.4. The second kappa shape index (κ2) is 6.46. The maximum atomic E-state index is 4.86.